The maximum absolute atomic E-state index is 4.12. The average Bonchev–Trinajstić information content (AvgIpc) is 2.78. The second-order valence-corrected chi connectivity index (χ2v) is 4.73. The van der Waals surface area contributed by atoms with E-state index in [4.69, 9.17) is 0 Å². The lowest BCUT2D eigenvalue weighted by Gasteiger charge is -2.04. The summed E-state index contributed by atoms with van der Waals surface area (Å²) in [5, 5.41) is 3.43. The molecule has 2 heterocycles. The molecule has 2 nitrogen and oxygen atoms in total. The van der Waals surface area contributed by atoms with Crippen molar-refractivity contribution in [2.45, 2.75) is 6.42 Å². The molecule has 1 aliphatic heterocycles. The van der Waals surface area contributed by atoms with Gasteiger partial charge in [0.15, 0.2) is 0 Å². The number of allylic oxidation sites excluding steroid dienone is 1. The lowest BCUT2D eigenvalue weighted by atomic mass is 10.00. The van der Waals surface area contributed by atoms with Gasteiger partial charge in [-0.1, -0.05) is 6.08 Å². The van der Waals surface area contributed by atoms with Crippen molar-refractivity contribution in [2.75, 3.05) is 13.1 Å². The quantitative estimate of drug-likeness (QED) is 0.797. The van der Waals surface area contributed by atoms with Gasteiger partial charge in [0.1, 0.15) is 0 Å². The Labute approximate surface area is 93.8 Å². The number of nitrogens with one attached hydrogen (secondary N) is 1. The largest absolute Gasteiger partial charge is 0.316 e. The summed E-state index contributed by atoms with van der Waals surface area (Å²) < 4.78 is 0. The molecule has 1 aliphatic carbocycles. The van der Waals surface area contributed by atoms with Crippen LogP contribution in [-0.4, -0.2) is 18.1 Å². The molecule has 0 unspecified atom stereocenters. The van der Waals surface area contributed by atoms with E-state index in [1.807, 2.05) is 11.7 Å². The zero-order valence-corrected chi connectivity index (χ0v) is 9.40. The zero-order chi connectivity index (χ0) is 8.67. The van der Waals surface area contributed by atoms with Crippen molar-refractivity contribution in [1.82, 2.24) is 10.3 Å². The SMILES string of the molecule is C1=C(c2cncs2)C[C@H]2CNC[C@@H]12.Cl. The number of hydrogen-bond acceptors (Lipinski definition) is 3. The van der Waals surface area contributed by atoms with Gasteiger partial charge in [-0.25, -0.2) is 0 Å². The summed E-state index contributed by atoms with van der Waals surface area (Å²) in [5.74, 6) is 1.65. The Morgan fingerprint density at radius 3 is 3.07 bits per heavy atom. The van der Waals surface area contributed by atoms with E-state index in [1.165, 1.54) is 30.0 Å². The number of fused-ring (bicyclic) bond motifs is 1. The zero-order valence-electron chi connectivity index (χ0n) is 7.77. The molecule has 2 atom stereocenters. The molecule has 1 saturated heterocycles. The predicted molar refractivity (Wildman–Crippen MR) is 61.8 cm³/mol. The second-order valence-electron chi connectivity index (χ2n) is 3.84. The van der Waals surface area contributed by atoms with E-state index in [0.29, 0.717) is 0 Å². The lowest BCUT2D eigenvalue weighted by molar-refractivity contribution is 0.536. The highest BCUT2D eigenvalue weighted by Crippen LogP contribution is 2.39. The van der Waals surface area contributed by atoms with Crippen molar-refractivity contribution in [3.8, 4) is 0 Å². The molecule has 2 aliphatic rings. The van der Waals surface area contributed by atoms with Crippen LogP contribution in [-0.2, 0) is 0 Å². The molecule has 0 bridgehead atoms. The third-order valence-electron chi connectivity index (χ3n) is 3.04. The van der Waals surface area contributed by atoms with Crippen LogP contribution in [0.15, 0.2) is 17.8 Å². The molecular weight excluding hydrogens is 216 g/mol. The Kier molecular flexibility index (Phi) is 2.91. The van der Waals surface area contributed by atoms with Gasteiger partial charge in [-0.15, -0.1) is 23.7 Å². The standard InChI is InChI=1S/C10H12N2S.ClH/c1-7(10-5-12-6-13-10)2-9-4-11-3-8(1)9;/h1,5-6,8-9,11H,2-4H2;1H/t8-,9+;/m1./s1. The average molecular weight is 229 g/mol. The van der Waals surface area contributed by atoms with Crippen LogP contribution >= 0.6 is 23.7 Å². The van der Waals surface area contributed by atoms with Crippen molar-refractivity contribution < 1.29 is 0 Å². The van der Waals surface area contributed by atoms with E-state index in [1.54, 1.807) is 11.3 Å². The van der Waals surface area contributed by atoms with Crippen LogP contribution in [0.5, 0.6) is 0 Å². The molecule has 1 aromatic rings. The van der Waals surface area contributed by atoms with Crippen molar-refractivity contribution in [3.05, 3.63) is 22.7 Å². The predicted octanol–water partition coefficient (Wildman–Crippen LogP) is 2.19. The summed E-state index contributed by atoms with van der Waals surface area (Å²) in [6.45, 7) is 2.37. The van der Waals surface area contributed by atoms with E-state index < -0.39 is 0 Å². The first-order chi connectivity index (χ1) is 6.43. The summed E-state index contributed by atoms with van der Waals surface area (Å²) in [5.41, 5.74) is 3.45. The number of thiazole rings is 1. The molecule has 14 heavy (non-hydrogen) atoms. The fourth-order valence-corrected chi connectivity index (χ4v) is 3.00. The summed E-state index contributed by atoms with van der Waals surface area (Å²) >= 11 is 1.76. The first-order valence-corrected chi connectivity index (χ1v) is 5.62. The van der Waals surface area contributed by atoms with Gasteiger partial charge in [0.25, 0.3) is 0 Å². The minimum atomic E-state index is 0. The van der Waals surface area contributed by atoms with Crippen LogP contribution in [0.3, 0.4) is 0 Å². The van der Waals surface area contributed by atoms with Gasteiger partial charge in [-0.3, -0.25) is 4.98 Å². The molecule has 0 spiro atoms. The summed E-state index contributed by atoms with van der Waals surface area (Å²) in [4.78, 5) is 5.49. The van der Waals surface area contributed by atoms with Crippen LogP contribution < -0.4 is 5.32 Å². The number of rotatable bonds is 1. The van der Waals surface area contributed by atoms with E-state index in [0.717, 1.165) is 11.8 Å². The van der Waals surface area contributed by atoms with E-state index in [-0.39, 0.29) is 12.4 Å². The highest BCUT2D eigenvalue weighted by atomic mass is 35.5. The molecule has 1 N–H and O–H groups in total. The van der Waals surface area contributed by atoms with Crippen LogP contribution in [0.2, 0.25) is 0 Å². The van der Waals surface area contributed by atoms with Crippen LogP contribution in [0.1, 0.15) is 11.3 Å². The molecule has 3 rings (SSSR count). The van der Waals surface area contributed by atoms with Crippen molar-refractivity contribution in [3.63, 3.8) is 0 Å². The summed E-state index contributed by atoms with van der Waals surface area (Å²) in [6.07, 6.45) is 5.68. The Hall–Kier alpha value is -0.380. The van der Waals surface area contributed by atoms with Gasteiger partial charge in [0.2, 0.25) is 0 Å². The molecule has 1 fully saturated rings. The lowest BCUT2D eigenvalue weighted by Crippen LogP contribution is -2.08. The smallest absolute Gasteiger partial charge is 0.0797 e. The second kappa shape index (κ2) is 4.01. The van der Waals surface area contributed by atoms with E-state index >= 15 is 0 Å². The molecule has 0 aromatic carbocycles. The molecule has 0 saturated carbocycles. The highest BCUT2D eigenvalue weighted by Gasteiger charge is 2.31. The van der Waals surface area contributed by atoms with Gasteiger partial charge < -0.3 is 5.32 Å². The number of hydrogen-bond donors (Lipinski definition) is 1. The molecule has 76 valence electrons. The van der Waals surface area contributed by atoms with Crippen molar-refractivity contribution in [1.29, 1.82) is 0 Å². The summed E-state index contributed by atoms with van der Waals surface area (Å²) in [6, 6.07) is 0. The van der Waals surface area contributed by atoms with Gasteiger partial charge in [0.05, 0.1) is 5.51 Å². The molecule has 0 amide bonds. The molecule has 1 aromatic heterocycles. The minimum absolute atomic E-state index is 0. The maximum atomic E-state index is 4.12. The highest BCUT2D eigenvalue weighted by molar-refractivity contribution is 7.10. The van der Waals surface area contributed by atoms with Crippen molar-refractivity contribution in [2.24, 2.45) is 11.8 Å². The van der Waals surface area contributed by atoms with Gasteiger partial charge in [0, 0.05) is 17.6 Å². The van der Waals surface area contributed by atoms with Crippen molar-refractivity contribution >= 4 is 29.3 Å². The van der Waals surface area contributed by atoms with Crippen LogP contribution in [0, 0.1) is 11.8 Å². The fourth-order valence-electron chi connectivity index (χ4n) is 2.34. The van der Waals surface area contributed by atoms with E-state index in [2.05, 4.69) is 16.4 Å². The number of halogens is 1. The van der Waals surface area contributed by atoms with Gasteiger partial charge >= 0.3 is 0 Å². The minimum Gasteiger partial charge on any atom is -0.316 e. The summed E-state index contributed by atoms with van der Waals surface area (Å²) in [7, 11) is 0. The van der Waals surface area contributed by atoms with Gasteiger partial charge in [-0.05, 0) is 30.4 Å². The Bertz CT molecular complexity index is 334. The molecular formula is C10H13ClN2S. The molecule has 0 radical (unpaired) electrons. The molecule has 4 heteroatoms. The fraction of sp³-hybridized carbons (Fsp3) is 0.500. The monoisotopic (exact) mass is 228 g/mol. The Balaban J connectivity index is 0.000000750. The first kappa shape index (κ1) is 10.1. The van der Waals surface area contributed by atoms with E-state index in [9.17, 15) is 0 Å². The maximum Gasteiger partial charge on any atom is 0.0797 e. The van der Waals surface area contributed by atoms with Crippen LogP contribution in [0.25, 0.3) is 5.57 Å². The van der Waals surface area contributed by atoms with Gasteiger partial charge in [-0.2, -0.15) is 0 Å². The first-order valence-electron chi connectivity index (χ1n) is 4.74. The third kappa shape index (κ3) is 1.60. The topological polar surface area (TPSA) is 24.9 Å². The normalized spacial score (nSPS) is 29.6. The number of nitrogens with zero attached hydrogens (tertiary/aromatic N) is 1. The van der Waals surface area contributed by atoms with Crippen LogP contribution in [0.4, 0.5) is 0 Å². The number of aromatic nitrogens is 1. The Morgan fingerprint density at radius 1 is 1.43 bits per heavy atom. The third-order valence-corrected chi connectivity index (χ3v) is 3.89. The Morgan fingerprint density at radius 2 is 2.36 bits per heavy atom.